The average Bonchev–Trinajstić information content (AvgIpc) is 3.40. The van der Waals surface area contributed by atoms with Gasteiger partial charge in [0, 0.05) is 26.1 Å². The predicted octanol–water partition coefficient (Wildman–Crippen LogP) is 6.05. The molecule has 2 aromatic rings. The number of nitrogens with zero attached hydrogens (tertiary/aromatic N) is 4. The molecule has 3 rings (SSSR count). The third-order valence-corrected chi connectivity index (χ3v) is 6.91. The molecule has 0 spiro atoms. The minimum absolute atomic E-state index is 0.220. The van der Waals surface area contributed by atoms with Crippen molar-refractivity contribution in [3.05, 3.63) is 58.8 Å². The molecule has 0 bridgehead atoms. The minimum atomic E-state index is -0.371. The van der Waals surface area contributed by atoms with Crippen molar-refractivity contribution in [1.29, 1.82) is 0 Å². The van der Waals surface area contributed by atoms with Crippen LogP contribution in [0.2, 0.25) is 0 Å². The lowest BCUT2D eigenvalue weighted by molar-refractivity contribution is -0.123. The summed E-state index contributed by atoms with van der Waals surface area (Å²) in [4.78, 5) is 46.2. The maximum atomic E-state index is 13.4. The van der Waals surface area contributed by atoms with Crippen LogP contribution in [0.3, 0.4) is 0 Å². The second-order valence-electron chi connectivity index (χ2n) is 9.81. The number of hydrogen-bond donors (Lipinski definition) is 0. The number of esters is 1. The Morgan fingerprint density at radius 2 is 1.58 bits per heavy atom. The molecule has 1 aromatic heterocycles. The van der Waals surface area contributed by atoms with E-state index in [4.69, 9.17) is 9.72 Å². The van der Waals surface area contributed by atoms with Crippen molar-refractivity contribution in [2.45, 2.75) is 85.1 Å². The van der Waals surface area contributed by atoms with E-state index in [1.807, 2.05) is 18.2 Å². The van der Waals surface area contributed by atoms with E-state index in [1.165, 1.54) is 12.0 Å². The number of urea groups is 1. The summed E-state index contributed by atoms with van der Waals surface area (Å²) in [6, 6.07) is 7.10. The molecule has 1 aliphatic heterocycles. The Labute approximate surface area is 226 Å². The number of carbonyl (C=O) groups is 3. The fraction of sp³-hybridized carbons (Fsp3) is 0.533. The van der Waals surface area contributed by atoms with E-state index in [2.05, 4.69) is 25.3 Å². The summed E-state index contributed by atoms with van der Waals surface area (Å²) in [7, 11) is 1.37. The first-order valence-corrected chi connectivity index (χ1v) is 14.0. The summed E-state index contributed by atoms with van der Waals surface area (Å²) in [5.41, 5.74) is 2.71. The maximum Gasteiger partial charge on any atom is 0.337 e. The van der Waals surface area contributed by atoms with Gasteiger partial charge in [0.05, 0.1) is 24.6 Å². The van der Waals surface area contributed by atoms with Gasteiger partial charge in [-0.05, 0) is 43.0 Å². The SMILES string of the molecule is CCCCCCN1C(=O)N(CCCC)C(=O)C1=Cc1cnc(CCCC)n1Cc1ccc(C(=O)OC)cc1. The summed E-state index contributed by atoms with van der Waals surface area (Å²) in [5, 5.41) is 0. The Balaban J connectivity index is 1.95. The quantitative estimate of drug-likeness (QED) is 0.123. The monoisotopic (exact) mass is 522 g/mol. The lowest BCUT2D eigenvalue weighted by Crippen LogP contribution is -2.34. The number of amides is 3. The number of rotatable bonds is 15. The van der Waals surface area contributed by atoms with Gasteiger partial charge in [-0.3, -0.25) is 14.6 Å². The highest BCUT2D eigenvalue weighted by Crippen LogP contribution is 2.26. The number of aromatic nitrogens is 2. The zero-order valence-electron chi connectivity index (χ0n) is 23.4. The fourth-order valence-electron chi connectivity index (χ4n) is 4.60. The highest BCUT2D eigenvalue weighted by molar-refractivity contribution is 6.13. The number of unbranched alkanes of at least 4 members (excludes halogenated alkanes) is 5. The van der Waals surface area contributed by atoms with Crippen LogP contribution >= 0.6 is 0 Å². The number of ether oxygens (including phenoxy) is 1. The summed E-state index contributed by atoms with van der Waals surface area (Å²) in [6.07, 6.45) is 12.3. The Kier molecular flexibility index (Phi) is 11.1. The van der Waals surface area contributed by atoms with E-state index in [-0.39, 0.29) is 17.9 Å². The molecule has 3 amide bonds. The molecule has 2 heterocycles. The topological polar surface area (TPSA) is 84.7 Å². The molecule has 8 nitrogen and oxygen atoms in total. The van der Waals surface area contributed by atoms with Gasteiger partial charge in [-0.1, -0.05) is 65.0 Å². The van der Waals surface area contributed by atoms with E-state index < -0.39 is 0 Å². The van der Waals surface area contributed by atoms with E-state index in [0.29, 0.717) is 30.9 Å². The normalized spacial score (nSPS) is 14.7. The number of imide groups is 1. The second-order valence-corrected chi connectivity index (χ2v) is 9.81. The van der Waals surface area contributed by atoms with Gasteiger partial charge in [0.15, 0.2) is 0 Å². The first kappa shape index (κ1) is 29.1. The van der Waals surface area contributed by atoms with Gasteiger partial charge in [0.1, 0.15) is 11.5 Å². The molecule has 0 atom stereocenters. The number of carbonyl (C=O) groups excluding carboxylic acids is 3. The van der Waals surface area contributed by atoms with Crippen LogP contribution in [-0.2, 0) is 22.5 Å². The summed E-state index contributed by atoms with van der Waals surface area (Å²) in [5.74, 6) is 0.332. The lowest BCUT2D eigenvalue weighted by atomic mass is 10.1. The standard InChI is InChI=1S/C30H42N4O4/c1-5-8-11-12-19-32-26(28(35)33(30(32)37)18-10-7-3)20-25-21-31-27(13-9-6-2)34(25)22-23-14-16-24(17-15-23)29(36)38-4/h14-17,20-21H,5-13,18-19,22H2,1-4H3. The smallest absolute Gasteiger partial charge is 0.337 e. The minimum Gasteiger partial charge on any atom is -0.465 e. The number of imidazole rings is 1. The maximum absolute atomic E-state index is 13.4. The molecule has 1 fully saturated rings. The molecule has 0 saturated carbocycles. The van der Waals surface area contributed by atoms with Crippen LogP contribution in [0.5, 0.6) is 0 Å². The molecule has 0 aliphatic carbocycles. The zero-order valence-corrected chi connectivity index (χ0v) is 23.4. The molecule has 0 unspecified atom stereocenters. The third kappa shape index (κ3) is 7.11. The van der Waals surface area contributed by atoms with Crippen LogP contribution in [0.4, 0.5) is 4.79 Å². The van der Waals surface area contributed by atoms with Gasteiger partial charge in [-0.2, -0.15) is 0 Å². The largest absolute Gasteiger partial charge is 0.465 e. The van der Waals surface area contributed by atoms with Gasteiger partial charge in [0.25, 0.3) is 5.91 Å². The van der Waals surface area contributed by atoms with Gasteiger partial charge in [-0.15, -0.1) is 0 Å². The van der Waals surface area contributed by atoms with Crippen molar-refractivity contribution in [3.8, 4) is 0 Å². The van der Waals surface area contributed by atoms with Gasteiger partial charge in [-0.25, -0.2) is 14.6 Å². The van der Waals surface area contributed by atoms with Crippen LogP contribution in [0.15, 0.2) is 36.2 Å². The van der Waals surface area contributed by atoms with Crippen LogP contribution in [-0.4, -0.2) is 57.5 Å². The van der Waals surface area contributed by atoms with E-state index in [9.17, 15) is 14.4 Å². The fourth-order valence-corrected chi connectivity index (χ4v) is 4.60. The number of methoxy groups -OCH3 is 1. The number of benzene rings is 1. The van der Waals surface area contributed by atoms with Crippen LogP contribution < -0.4 is 0 Å². The van der Waals surface area contributed by atoms with E-state index in [0.717, 1.165) is 74.9 Å². The molecule has 0 N–H and O–H groups in total. The summed E-state index contributed by atoms with van der Waals surface area (Å²) >= 11 is 0. The van der Waals surface area contributed by atoms with Crippen molar-refractivity contribution in [1.82, 2.24) is 19.4 Å². The average molecular weight is 523 g/mol. The van der Waals surface area contributed by atoms with Crippen molar-refractivity contribution in [3.63, 3.8) is 0 Å². The van der Waals surface area contributed by atoms with E-state index >= 15 is 0 Å². The molecule has 1 saturated heterocycles. The van der Waals surface area contributed by atoms with Crippen LogP contribution in [0.25, 0.3) is 6.08 Å². The molecule has 1 aliphatic rings. The van der Waals surface area contributed by atoms with Gasteiger partial charge < -0.3 is 9.30 Å². The Morgan fingerprint density at radius 3 is 2.24 bits per heavy atom. The lowest BCUT2D eigenvalue weighted by Gasteiger charge is -2.17. The summed E-state index contributed by atoms with van der Waals surface area (Å²) in [6.45, 7) is 7.86. The Morgan fingerprint density at radius 1 is 0.895 bits per heavy atom. The van der Waals surface area contributed by atoms with Crippen molar-refractivity contribution < 1.29 is 19.1 Å². The van der Waals surface area contributed by atoms with Crippen LogP contribution in [0, 0.1) is 0 Å². The third-order valence-electron chi connectivity index (χ3n) is 6.91. The van der Waals surface area contributed by atoms with Crippen molar-refractivity contribution in [2.24, 2.45) is 0 Å². The Hall–Kier alpha value is -3.42. The molecular formula is C30H42N4O4. The first-order chi connectivity index (χ1) is 18.4. The molecule has 206 valence electrons. The summed E-state index contributed by atoms with van der Waals surface area (Å²) < 4.78 is 6.92. The second kappa shape index (κ2) is 14.5. The Bertz CT molecular complexity index is 1120. The van der Waals surface area contributed by atoms with Crippen molar-refractivity contribution in [2.75, 3.05) is 20.2 Å². The van der Waals surface area contributed by atoms with Crippen molar-refractivity contribution >= 4 is 24.0 Å². The highest BCUT2D eigenvalue weighted by atomic mass is 16.5. The molecule has 8 heteroatoms. The predicted molar refractivity (Wildman–Crippen MR) is 149 cm³/mol. The molecule has 1 aromatic carbocycles. The molecule has 38 heavy (non-hydrogen) atoms. The molecular weight excluding hydrogens is 480 g/mol. The zero-order chi connectivity index (χ0) is 27.5. The number of hydrogen-bond acceptors (Lipinski definition) is 5. The van der Waals surface area contributed by atoms with Gasteiger partial charge in [0.2, 0.25) is 0 Å². The molecule has 0 radical (unpaired) electrons. The van der Waals surface area contributed by atoms with E-state index in [1.54, 1.807) is 23.2 Å². The van der Waals surface area contributed by atoms with Gasteiger partial charge >= 0.3 is 12.0 Å². The number of aryl methyl sites for hydroxylation is 1. The highest BCUT2D eigenvalue weighted by Gasteiger charge is 2.40. The first-order valence-electron chi connectivity index (χ1n) is 14.0. The van der Waals surface area contributed by atoms with Crippen LogP contribution in [0.1, 0.15) is 99.6 Å².